The van der Waals surface area contributed by atoms with Crippen LogP contribution in [-0.2, 0) is 4.74 Å². The summed E-state index contributed by atoms with van der Waals surface area (Å²) >= 11 is 6.20. The summed E-state index contributed by atoms with van der Waals surface area (Å²) in [5.74, 6) is 1.06. The van der Waals surface area contributed by atoms with E-state index in [2.05, 4.69) is 26.8 Å². The van der Waals surface area contributed by atoms with Crippen molar-refractivity contribution in [3.05, 3.63) is 11.3 Å². The Morgan fingerprint density at radius 1 is 1.42 bits per heavy atom. The van der Waals surface area contributed by atoms with Crippen molar-refractivity contribution in [1.82, 2.24) is 14.9 Å². The van der Waals surface area contributed by atoms with E-state index in [0.29, 0.717) is 23.0 Å². The molecule has 3 heterocycles. The summed E-state index contributed by atoms with van der Waals surface area (Å²) in [7, 11) is 2.14. The van der Waals surface area contributed by atoms with E-state index < -0.39 is 0 Å². The number of fused-ring (bicyclic) bond motifs is 1. The normalized spacial score (nSPS) is 28.2. The standard InChI is InChI=1S/C12H18ClN5O/c1-17-4-5-19-9-2-3-18(6-8(9)17)12-10(13)11(14)15-7-16-12/h7-9H,2-6H2,1H3,(H2,14,15,16)/t8-,9-/m0/s1. The summed E-state index contributed by atoms with van der Waals surface area (Å²) in [4.78, 5) is 12.7. The van der Waals surface area contributed by atoms with Crippen LogP contribution in [0.15, 0.2) is 6.33 Å². The van der Waals surface area contributed by atoms with Crippen LogP contribution in [0.5, 0.6) is 0 Å². The molecule has 2 fully saturated rings. The molecule has 0 saturated carbocycles. The second-order valence-electron chi connectivity index (χ2n) is 5.09. The molecule has 0 radical (unpaired) electrons. The van der Waals surface area contributed by atoms with Crippen LogP contribution in [0.2, 0.25) is 5.02 Å². The molecule has 104 valence electrons. The van der Waals surface area contributed by atoms with Gasteiger partial charge in [-0.3, -0.25) is 4.90 Å². The highest BCUT2D eigenvalue weighted by Gasteiger charge is 2.36. The van der Waals surface area contributed by atoms with Gasteiger partial charge in [-0.05, 0) is 13.5 Å². The van der Waals surface area contributed by atoms with Crippen molar-refractivity contribution in [3.63, 3.8) is 0 Å². The lowest BCUT2D eigenvalue weighted by atomic mass is 9.99. The number of morpholine rings is 1. The van der Waals surface area contributed by atoms with Crippen LogP contribution < -0.4 is 10.6 Å². The molecule has 2 aliphatic heterocycles. The third-order valence-electron chi connectivity index (χ3n) is 3.96. The Morgan fingerprint density at radius 2 is 2.26 bits per heavy atom. The van der Waals surface area contributed by atoms with Crippen molar-refractivity contribution in [3.8, 4) is 0 Å². The fourth-order valence-corrected chi connectivity index (χ4v) is 3.05. The van der Waals surface area contributed by atoms with E-state index in [-0.39, 0.29) is 0 Å². The van der Waals surface area contributed by atoms with Gasteiger partial charge in [0.15, 0.2) is 5.82 Å². The number of nitrogens with zero attached hydrogens (tertiary/aromatic N) is 4. The van der Waals surface area contributed by atoms with Gasteiger partial charge in [-0.1, -0.05) is 11.6 Å². The Morgan fingerprint density at radius 3 is 3.11 bits per heavy atom. The minimum atomic E-state index is 0.313. The number of anilines is 2. The first-order chi connectivity index (χ1) is 9.16. The van der Waals surface area contributed by atoms with Crippen LogP contribution in [0, 0.1) is 0 Å². The van der Waals surface area contributed by atoms with E-state index in [0.717, 1.165) is 38.5 Å². The Kier molecular flexibility index (Phi) is 3.47. The highest BCUT2D eigenvalue weighted by atomic mass is 35.5. The van der Waals surface area contributed by atoms with Crippen molar-refractivity contribution in [2.24, 2.45) is 0 Å². The van der Waals surface area contributed by atoms with E-state index in [1.54, 1.807) is 0 Å². The first-order valence-corrected chi connectivity index (χ1v) is 6.87. The van der Waals surface area contributed by atoms with Crippen molar-refractivity contribution in [2.45, 2.75) is 18.6 Å². The van der Waals surface area contributed by atoms with E-state index in [1.807, 2.05) is 0 Å². The molecule has 7 heteroatoms. The number of nitrogen functional groups attached to an aromatic ring is 1. The van der Waals surface area contributed by atoms with Gasteiger partial charge in [0.1, 0.15) is 17.2 Å². The number of rotatable bonds is 1. The average molecular weight is 284 g/mol. The van der Waals surface area contributed by atoms with Crippen LogP contribution in [-0.4, -0.2) is 60.3 Å². The zero-order chi connectivity index (χ0) is 13.4. The van der Waals surface area contributed by atoms with Crippen molar-refractivity contribution >= 4 is 23.2 Å². The molecule has 1 aromatic heterocycles. The average Bonchev–Trinajstić information content (AvgIpc) is 2.42. The van der Waals surface area contributed by atoms with Crippen LogP contribution in [0.3, 0.4) is 0 Å². The van der Waals surface area contributed by atoms with Gasteiger partial charge < -0.3 is 15.4 Å². The number of piperidine rings is 1. The molecule has 0 aromatic carbocycles. The van der Waals surface area contributed by atoms with Gasteiger partial charge in [0.25, 0.3) is 0 Å². The monoisotopic (exact) mass is 283 g/mol. The van der Waals surface area contributed by atoms with Gasteiger partial charge >= 0.3 is 0 Å². The number of hydrogen-bond acceptors (Lipinski definition) is 6. The fourth-order valence-electron chi connectivity index (χ4n) is 2.83. The predicted molar refractivity (Wildman–Crippen MR) is 74.4 cm³/mol. The molecule has 1 aromatic rings. The lowest BCUT2D eigenvalue weighted by Crippen LogP contribution is -2.59. The van der Waals surface area contributed by atoms with E-state index >= 15 is 0 Å². The SMILES string of the molecule is CN1CCO[C@H]2CCN(c3ncnc(N)c3Cl)C[C@@H]21. The van der Waals surface area contributed by atoms with Gasteiger partial charge in [0.2, 0.25) is 0 Å². The summed E-state index contributed by atoms with van der Waals surface area (Å²) < 4.78 is 5.83. The molecule has 3 rings (SSSR count). The molecule has 2 saturated heterocycles. The predicted octanol–water partition coefficient (Wildman–Crippen LogP) is 0.621. The molecule has 0 amide bonds. The Balaban J connectivity index is 1.81. The molecule has 2 atom stereocenters. The quantitative estimate of drug-likeness (QED) is 0.815. The Bertz CT molecular complexity index is 471. The maximum Gasteiger partial charge on any atom is 0.153 e. The highest BCUT2D eigenvalue weighted by molar-refractivity contribution is 6.35. The Hall–Kier alpha value is -1.11. The molecule has 0 bridgehead atoms. The minimum absolute atomic E-state index is 0.313. The summed E-state index contributed by atoms with van der Waals surface area (Å²) in [6.07, 6.45) is 2.76. The fraction of sp³-hybridized carbons (Fsp3) is 0.667. The van der Waals surface area contributed by atoms with Gasteiger partial charge in [-0.2, -0.15) is 0 Å². The van der Waals surface area contributed by atoms with E-state index in [9.17, 15) is 0 Å². The molecule has 2 aliphatic rings. The molecule has 2 N–H and O–H groups in total. The minimum Gasteiger partial charge on any atom is -0.382 e. The van der Waals surface area contributed by atoms with Crippen molar-refractivity contribution in [1.29, 1.82) is 0 Å². The Labute approximate surface area is 117 Å². The second-order valence-corrected chi connectivity index (χ2v) is 5.47. The zero-order valence-electron chi connectivity index (χ0n) is 10.9. The highest BCUT2D eigenvalue weighted by Crippen LogP contribution is 2.31. The number of halogens is 1. The van der Waals surface area contributed by atoms with Crippen LogP contribution in [0.4, 0.5) is 11.6 Å². The number of nitrogens with two attached hydrogens (primary N) is 1. The zero-order valence-corrected chi connectivity index (χ0v) is 11.7. The first-order valence-electron chi connectivity index (χ1n) is 6.49. The number of likely N-dealkylation sites (N-methyl/N-ethyl adjacent to an activating group) is 1. The van der Waals surface area contributed by atoms with E-state index in [1.165, 1.54) is 6.33 Å². The number of ether oxygens (including phenoxy) is 1. The topological polar surface area (TPSA) is 67.5 Å². The lowest BCUT2D eigenvalue weighted by Gasteiger charge is -2.46. The maximum atomic E-state index is 6.20. The lowest BCUT2D eigenvalue weighted by molar-refractivity contribution is -0.0687. The molecule has 6 nitrogen and oxygen atoms in total. The third kappa shape index (κ3) is 2.35. The number of aromatic nitrogens is 2. The van der Waals surface area contributed by atoms with Crippen molar-refractivity contribution in [2.75, 3.05) is 43.9 Å². The molecular weight excluding hydrogens is 266 g/mol. The van der Waals surface area contributed by atoms with Gasteiger partial charge in [0.05, 0.1) is 18.8 Å². The van der Waals surface area contributed by atoms with Crippen LogP contribution >= 0.6 is 11.6 Å². The smallest absolute Gasteiger partial charge is 0.153 e. The van der Waals surface area contributed by atoms with Crippen molar-refractivity contribution < 1.29 is 4.74 Å². The third-order valence-corrected chi connectivity index (χ3v) is 4.32. The van der Waals surface area contributed by atoms with Gasteiger partial charge in [-0.15, -0.1) is 0 Å². The number of hydrogen-bond donors (Lipinski definition) is 1. The summed E-state index contributed by atoms with van der Waals surface area (Å²) in [6, 6.07) is 0.384. The van der Waals surface area contributed by atoms with Gasteiger partial charge in [0, 0.05) is 19.6 Å². The first kappa shape index (κ1) is 12.9. The van der Waals surface area contributed by atoms with E-state index in [4.69, 9.17) is 22.1 Å². The molecule has 0 spiro atoms. The van der Waals surface area contributed by atoms with Crippen LogP contribution in [0.25, 0.3) is 0 Å². The molecule has 0 unspecified atom stereocenters. The second kappa shape index (κ2) is 5.11. The maximum absolute atomic E-state index is 6.20. The summed E-state index contributed by atoms with van der Waals surface area (Å²) in [6.45, 7) is 3.52. The van der Waals surface area contributed by atoms with Crippen LogP contribution in [0.1, 0.15) is 6.42 Å². The molecule has 19 heavy (non-hydrogen) atoms. The summed E-state index contributed by atoms with van der Waals surface area (Å²) in [5, 5.41) is 0.445. The summed E-state index contributed by atoms with van der Waals surface area (Å²) in [5.41, 5.74) is 5.74. The van der Waals surface area contributed by atoms with Gasteiger partial charge in [-0.25, -0.2) is 9.97 Å². The molecular formula is C12H18ClN5O. The largest absolute Gasteiger partial charge is 0.382 e. The molecule has 0 aliphatic carbocycles.